The van der Waals surface area contributed by atoms with Crippen molar-refractivity contribution >= 4 is 0 Å². The molecule has 0 amide bonds. The quantitative estimate of drug-likeness (QED) is 0.857. The summed E-state index contributed by atoms with van der Waals surface area (Å²) in [5.41, 5.74) is 8.03. The third kappa shape index (κ3) is 3.44. The van der Waals surface area contributed by atoms with E-state index in [-0.39, 0.29) is 0 Å². The van der Waals surface area contributed by atoms with Gasteiger partial charge in [-0.25, -0.2) is 0 Å². The Bertz CT molecular complexity index is 434. The van der Waals surface area contributed by atoms with E-state index in [2.05, 4.69) is 36.2 Å². The molecule has 0 saturated carbocycles. The van der Waals surface area contributed by atoms with Crippen LogP contribution in [-0.2, 0) is 19.6 Å². The average Bonchev–Trinajstić information content (AvgIpc) is 2.82. The van der Waals surface area contributed by atoms with E-state index in [0.717, 1.165) is 18.8 Å². The molecule has 2 rings (SSSR count). The van der Waals surface area contributed by atoms with Crippen LogP contribution in [0.1, 0.15) is 16.9 Å². The number of nitrogens with two attached hydrogens (primary N) is 1. The van der Waals surface area contributed by atoms with Gasteiger partial charge in [-0.3, -0.25) is 4.90 Å². The van der Waals surface area contributed by atoms with Crippen molar-refractivity contribution in [2.24, 2.45) is 5.73 Å². The fourth-order valence-corrected chi connectivity index (χ4v) is 1.82. The highest BCUT2D eigenvalue weighted by molar-refractivity contribution is 5.22. The fraction of sp³-hybridized carbons (Fsp3) is 0.286. The molecule has 1 heterocycles. The van der Waals surface area contributed by atoms with Gasteiger partial charge in [-0.05, 0) is 30.3 Å². The van der Waals surface area contributed by atoms with Gasteiger partial charge in [0, 0.05) is 13.1 Å². The summed E-state index contributed by atoms with van der Waals surface area (Å²) in [5, 5.41) is 0. The standard InChI is InChI=1S/C14H18N2O/c1-16(11-14-3-2-8-17-14)10-13-6-4-12(9-15)5-7-13/h2-8H,9-11,15H2,1H3. The number of benzene rings is 1. The Morgan fingerprint density at radius 3 is 2.35 bits per heavy atom. The molecule has 0 saturated heterocycles. The fourth-order valence-electron chi connectivity index (χ4n) is 1.82. The maximum Gasteiger partial charge on any atom is 0.117 e. The van der Waals surface area contributed by atoms with Crippen LogP contribution in [0.4, 0.5) is 0 Å². The molecule has 0 radical (unpaired) electrons. The summed E-state index contributed by atoms with van der Waals surface area (Å²) in [6.45, 7) is 2.33. The zero-order valence-corrected chi connectivity index (χ0v) is 10.1. The number of nitrogens with zero attached hydrogens (tertiary/aromatic N) is 1. The zero-order valence-electron chi connectivity index (χ0n) is 10.1. The van der Waals surface area contributed by atoms with Crippen molar-refractivity contribution in [1.82, 2.24) is 4.90 Å². The Kier molecular flexibility index (Phi) is 3.96. The van der Waals surface area contributed by atoms with Crippen LogP contribution in [0, 0.1) is 0 Å². The molecule has 0 aliphatic heterocycles. The minimum Gasteiger partial charge on any atom is -0.468 e. The van der Waals surface area contributed by atoms with Crippen molar-refractivity contribution in [1.29, 1.82) is 0 Å². The van der Waals surface area contributed by atoms with Gasteiger partial charge in [0.05, 0.1) is 12.8 Å². The second-order valence-electron chi connectivity index (χ2n) is 4.27. The molecule has 3 heteroatoms. The smallest absolute Gasteiger partial charge is 0.117 e. The van der Waals surface area contributed by atoms with Crippen LogP contribution < -0.4 is 5.73 Å². The van der Waals surface area contributed by atoms with Gasteiger partial charge in [-0.2, -0.15) is 0 Å². The molecular formula is C14H18N2O. The monoisotopic (exact) mass is 230 g/mol. The predicted octanol–water partition coefficient (Wildman–Crippen LogP) is 2.37. The van der Waals surface area contributed by atoms with Crippen LogP contribution in [0.5, 0.6) is 0 Å². The van der Waals surface area contributed by atoms with Crippen molar-refractivity contribution in [2.75, 3.05) is 7.05 Å². The maximum atomic E-state index is 5.57. The SMILES string of the molecule is CN(Cc1ccc(CN)cc1)Cc1ccco1. The van der Waals surface area contributed by atoms with Crippen molar-refractivity contribution in [3.8, 4) is 0 Å². The minimum atomic E-state index is 0.600. The molecule has 90 valence electrons. The van der Waals surface area contributed by atoms with Crippen molar-refractivity contribution in [3.05, 3.63) is 59.5 Å². The summed E-state index contributed by atoms with van der Waals surface area (Å²) in [7, 11) is 2.08. The molecule has 0 bridgehead atoms. The van der Waals surface area contributed by atoms with E-state index in [1.165, 1.54) is 11.1 Å². The second kappa shape index (κ2) is 5.66. The zero-order chi connectivity index (χ0) is 12.1. The van der Waals surface area contributed by atoms with Gasteiger partial charge in [0.1, 0.15) is 5.76 Å². The van der Waals surface area contributed by atoms with Crippen molar-refractivity contribution < 1.29 is 4.42 Å². The highest BCUT2D eigenvalue weighted by atomic mass is 16.3. The molecule has 0 aliphatic carbocycles. The van der Waals surface area contributed by atoms with E-state index in [1.54, 1.807) is 6.26 Å². The summed E-state index contributed by atoms with van der Waals surface area (Å²) < 4.78 is 5.32. The summed E-state index contributed by atoms with van der Waals surface area (Å²) in [6, 6.07) is 12.3. The van der Waals surface area contributed by atoms with Crippen LogP contribution in [-0.4, -0.2) is 11.9 Å². The molecule has 1 aromatic heterocycles. The summed E-state index contributed by atoms with van der Waals surface area (Å²) >= 11 is 0. The van der Waals surface area contributed by atoms with Crippen LogP contribution in [0.25, 0.3) is 0 Å². The minimum absolute atomic E-state index is 0.600. The van der Waals surface area contributed by atoms with E-state index >= 15 is 0 Å². The van der Waals surface area contributed by atoms with Gasteiger partial charge in [0.2, 0.25) is 0 Å². The summed E-state index contributed by atoms with van der Waals surface area (Å²) in [6.07, 6.45) is 1.71. The molecule has 2 N–H and O–H groups in total. The molecule has 0 fully saturated rings. The number of hydrogen-bond acceptors (Lipinski definition) is 3. The van der Waals surface area contributed by atoms with E-state index in [9.17, 15) is 0 Å². The Morgan fingerprint density at radius 2 is 1.76 bits per heavy atom. The topological polar surface area (TPSA) is 42.4 Å². The first-order chi connectivity index (χ1) is 8.28. The van der Waals surface area contributed by atoms with Gasteiger partial charge >= 0.3 is 0 Å². The molecule has 3 nitrogen and oxygen atoms in total. The van der Waals surface area contributed by atoms with E-state index in [1.807, 2.05) is 12.1 Å². The van der Waals surface area contributed by atoms with Gasteiger partial charge in [-0.15, -0.1) is 0 Å². The van der Waals surface area contributed by atoms with E-state index in [4.69, 9.17) is 10.2 Å². The third-order valence-corrected chi connectivity index (χ3v) is 2.72. The summed E-state index contributed by atoms with van der Waals surface area (Å²) in [4.78, 5) is 2.22. The first-order valence-electron chi connectivity index (χ1n) is 5.77. The molecule has 0 aliphatic rings. The predicted molar refractivity (Wildman–Crippen MR) is 68.2 cm³/mol. The normalized spacial score (nSPS) is 11.0. The first kappa shape index (κ1) is 11.9. The number of hydrogen-bond donors (Lipinski definition) is 1. The second-order valence-corrected chi connectivity index (χ2v) is 4.27. The molecule has 17 heavy (non-hydrogen) atoms. The molecule has 0 atom stereocenters. The first-order valence-corrected chi connectivity index (χ1v) is 5.77. The lowest BCUT2D eigenvalue weighted by Gasteiger charge is -2.15. The Balaban J connectivity index is 1.91. The number of furan rings is 1. The van der Waals surface area contributed by atoms with Gasteiger partial charge < -0.3 is 10.2 Å². The average molecular weight is 230 g/mol. The van der Waals surface area contributed by atoms with Gasteiger partial charge in [0.15, 0.2) is 0 Å². The number of rotatable bonds is 5. The Labute approximate surface area is 102 Å². The van der Waals surface area contributed by atoms with Crippen LogP contribution >= 0.6 is 0 Å². The molecule has 1 aromatic carbocycles. The highest BCUT2D eigenvalue weighted by Crippen LogP contribution is 2.09. The van der Waals surface area contributed by atoms with Gasteiger partial charge in [-0.1, -0.05) is 24.3 Å². The lowest BCUT2D eigenvalue weighted by molar-refractivity contribution is 0.288. The van der Waals surface area contributed by atoms with Crippen LogP contribution in [0.15, 0.2) is 47.1 Å². The van der Waals surface area contributed by atoms with Crippen LogP contribution in [0.2, 0.25) is 0 Å². The van der Waals surface area contributed by atoms with Crippen LogP contribution in [0.3, 0.4) is 0 Å². The lowest BCUT2D eigenvalue weighted by Crippen LogP contribution is -2.16. The Hall–Kier alpha value is -1.58. The molecule has 0 spiro atoms. The molecule has 0 unspecified atom stereocenters. The van der Waals surface area contributed by atoms with Gasteiger partial charge in [0.25, 0.3) is 0 Å². The largest absolute Gasteiger partial charge is 0.468 e. The van der Waals surface area contributed by atoms with Crippen molar-refractivity contribution in [3.63, 3.8) is 0 Å². The Morgan fingerprint density at radius 1 is 1.06 bits per heavy atom. The lowest BCUT2D eigenvalue weighted by atomic mass is 10.1. The molecule has 2 aromatic rings. The molecular weight excluding hydrogens is 212 g/mol. The third-order valence-electron chi connectivity index (χ3n) is 2.72. The maximum absolute atomic E-state index is 5.57. The summed E-state index contributed by atoms with van der Waals surface area (Å²) in [5.74, 6) is 0.992. The van der Waals surface area contributed by atoms with E-state index in [0.29, 0.717) is 6.54 Å². The van der Waals surface area contributed by atoms with Crippen molar-refractivity contribution in [2.45, 2.75) is 19.6 Å². The van der Waals surface area contributed by atoms with E-state index < -0.39 is 0 Å². The highest BCUT2D eigenvalue weighted by Gasteiger charge is 2.03.